The molecule has 0 saturated carbocycles. The van der Waals surface area contributed by atoms with Crippen LogP contribution in [-0.4, -0.2) is 77.9 Å². The summed E-state index contributed by atoms with van der Waals surface area (Å²) in [5, 5.41) is 27.3. The predicted octanol–water partition coefficient (Wildman–Crippen LogP) is 0.148. The molecule has 11 nitrogen and oxygen atoms in total. The van der Waals surface area contributed by atoms with E-state index in [9.17, 15) is 29.4 Å². The van der Waals surface area contributed by atoms with E-state index in [4.69, 9.17) is 0 Å². The van der Waals surface area contributed by atoms with Gasteiger partial charge in [-0.05, 0) is 23.8 Å². The second-order valence-corrected chi connectivity index (χ2v) is 7.56. The molecule has 2 atom stereocenters. The fourth-order valence-corrected chi connectivity index (χ4v) is 3.65. The highest BCUT2D eigenvalue weighted by Crippen LogP contribution is 2.35. The number of benzene rings is 2. The van der Waals surface area contributed by atoms with Gasteiger partial charge < -0.3 is 35.8 Å². The lowest BCUT2D eigenvalue weighted by Gasteiger charge is -2.35. The van der Waals surface area contributed by atoms with E-state index in [2.05, 4.69) is 20.7 Å². The molecule has 0 unspecified atom stereocenters. The van der Waals surface area contributed by atoms with Crippen LogP contribution >= 0.6 is 0 Å². The normalized spacial score (nSPS) is 14.4. The molecule has 0 aliphatic carbocycles. The fraction of sp³-hybridized carbons (Fsp3) is 0.304. The second-order valence-electron chi connectivity index (χ2n) is 7.56. The first-order valence-electron chi connectivity index (χ1n) is 10.5. The van der Waals surface area contributed by atoms with Gasteiger partial charge in [-0.1, -0.05) is 24.3 Å². The number of amides is 3. The zero-order chi connectivity index (χ0) is 24.8. The first-order valence-corrected chi connectivity index (χ1v) is 10.5. The lowest BCUT2D eigenvalue weighted by atomic mass is 9.97. The summed E-state index contributed by atoms with van der Waals surface area (Å²) in [4.78, 5) is 50.0. The van der Waals surface area contributed by atoms with Crippen molar-refractivity contribution in [2.75, 3.05) is 37.6 Å². The smallest absolute Gasteiger partial charge is 0.330 e. The number of fused-ring (bicyclic) bond motifs is 1. The zero-order valence-corrected chi connectivity index (χ0v) is 18.7. The number of aliphatic hydroxyl groups is 2. The summed E-state index contributed by atoms with van der Waals surface area (Å²) >= 11 is 0. The largest absolute Gasteiger partial charge is 0.467 e. The van der Waals surface area contributed by atoms with Crippen molar-refractivity contribution >= 4 is 35.1 Å². The topological polar surface area (TPSA) is 157 Å². The lowest BCUT2D eigenvalue weighted by molar-refractivity contribution is -0.147. The van der Waals surface area contributed by atoms with Gasteiger partial charge in [0.2, 0.25) is 11.8 Å². The Hall–Kier alpha value is -3.96. The van der Waals surface area contributed by atoms with Gasteiger partial charge in [0.25, 0.3) is 5.91 Å². The Morgan fingerprint density at radius 2 is 1.76 bits per heavy atom. The Morgan fingerprint density at radius 3 is 2.35 bits per heavy atom. The van der Waals surface area contributed by atoms with Crippen LogP contribution in [0.5, 0.6) is 0 Å². The van der Waals surface area contributed by atoms with Gasteiger partial charge in [0.1, 0.15) is 6.04 Å². The molecule has 3 amide bonds. The number of ether oxygens (including phenoxy) is 1. The monoisotopic (exact) mass is 470 g/mol. The Morgan fingerprint density at radius 1 is 1.09 bits per heavy atom. The number of nitrogens with one attached hydrogen (secondary N) is 3. The van der Waals surface area contributed by atoms with E-state index >= 15 is 0 Å². The Labute approximate surface area is 195 Å². The maximum atomic E-state index is 13.2. The average Bonchev–Trinajstić information content (AvgIpc) is 2.83. The second kappa shape index (κ2) is 10.8. The molecular weight excluding hydrogens is 444 g/mol. The number of hydrogen-bond donors (Lipinski definition) is 5. The highest BCUT2D eigenvalue weighted by atomic mass is 16.5. The number of carbonyl (C=O) groups excluding carboxylic acids is 4. The van der Waals surface area contributed by atoms with E-state index in [0.717, 1.165) is 23.1 Å². The van der Waals surface area contributed by atoms with Gasteiger partial charge in [0.15, 0.2) is 6.04 Å². The lowest BCUT2D eigenvalue weighted by Crippen LogP contribution is -2.57. The van der Waals surface area contributed by atoms with Crippen molar-refractivity contribution in [1.29, 1.82) is 0 Å². The van der Waals surface area contributed by atoms with E-state index in [-0.39, 0.29) is 12.6 Å². The molecule has 1 aliphatic heterocycles. The minimum Gasteiger partial charge on any atom is -0.467 e. The fourth-order valence-electron chi connectivity index (χ4n) is 3.65. The van der Waals surface area contributed by atoms with Gasteiger partial charge in [-0.15, -0.1) is 0 Å². The van der Waals surface area contributed by atoms with Crippen LogP contribution in [0.4, 0.5) is 11.4 Å². The van der Waals surface area contributed by atoms with Gasteiger partial charge in [0, 0.05) is 18.2 Å². The van der Waals surface area contributed by atoms with Crippen molar-refractivity contribution in [1.82, 2.24) is 10.2 Å². The molecule has 0 saturated heterocycles. The van der Waals surface area contributed by atoms with E-state index in [0.29, 0.717) is 16.9 Å². The third kappa shape index (κ3) is 5.16. The van der Waals surface area contributed by atoms with Gasteiger partial charge >= 0.3 is 5.97 Å². The minimum absolute atomic E-state index is 0.0759. The molecule has 2 aromatic rings. The van der Waals surface area contributed by atoms with Crippen molar-refractivity contribution in [2.45, 2.75) is 19.0 Å². The molecule has 0 spiro atoms. The number of carbonyl (C=O) groups is 4. The molecule has 0 fully saturated rings. The molecule has 2 aromatic carbocycles. The summed E-state index contributed by atoms with van der Waals surface area (Å²) in [5.74, 6) is -2.33. The number of hydrogen-bond acceptors (Lipinski definition) is 8. The molecule has 1 heterocycles. The standard InChI is InChI=1S/C23H26N4O7/c1-13(30)25-15-8-6-14(7-9-15)16-4-3-5-17-20(16)24-12-27(22(17)32)19(11-29)21(31)26-18(10-28)23(33)34-2/h3-9,18-19,24,28-29H,10-12H2,1-2H3,(H,25,30)(H,26,31)/t18-,19-/m0/s1. The minimum atomic E-state index is -1.32. The molecule has 3 rings (SSSR count). The van der Waals surface area contributed by atoms with Gasteiger partial charge in [-0.25, -0.2) is 4.79 Å². The van der Waals surface area contributed by atoms with E-state index < -0.39 is 43.1 Å². The first kappa shape index (κ1) is 24.7. The van der Waals surface area contributed by atoms with Crippen LogP contribution < -0.4 is 16.0 Å². The van der Waals surface area contributed by atoms with Gasteiger partial charge in [0.05, 0.1) is 38.2 Å². The molecule has 0 radical (unpaired) electrons. The molecule has 5 N–H and O–H groups in total. The molecule has 34 heavy (non-hydrogen) atoms. The SMILES string of the molecule is COC(=O)[C@H](CO)NC(=O)[C@H](CO)N1CNc2c(cccc2-c2ccc(NC(C)=O)cc2)C1=O. The average molecular weight is 470 g/mol. The van der Waals surface area contributed by atoms with Crippen LogP contribution in [0.25, 0.3) is 11.1 Å². The summed E-state index contributed by atoms with van der Waals surface area (Å²) in [5.41, 5.74) is 3.06. The van der Waals surface area contributed by atoms with Crippen molar-refractivity contribution in [3.8, 4) is 11.1 Å². The molecule has 180 valence electrons. The third-order valence-corrected chi connectivity index (χ3v) is 5.33. The van der Waals surface area contributed by atoms with Crippen LogP contribution in [0.15, 0.2) is 42.5 Å². The van der Waals surface area contributed by atoms with Crippen LogP contribution in [0.1, 0.15) is 17.3 Å². The number of nitrogens with zero attached hydrogens (tertiary/aromatic N) is 1. The maximum Gasteiger partial charge on any atom is 0.330 e. The third-order valence-electron chi connectivity index (χ3n) is 5.33. The Bertz CT molecular complexity index is 1090. The van der Waals surface area contributed by atoms with Crippen LogP contribution in [0.3, 0.4) is 0 Å². The number of methoxy groups -OCH3 is 1. The highest BCUT2D eigenvalue weighted by molar-refractivity contribution is 6.06. The molecule has 11 heteroatoms. The highest BCUT2D eigenvalue weighted by Gasteiger charge is 2.36. The molecule has 1 aliphatic rings. The maximum absolute atomic E-state index is 13.2. The molecule has 0 aromatic heterocycles. The van der Waals surface area contributed by atoms with Crippen molar-refractivity contribution in [3.05, 3.63) is 48.0 Å². The van der Waals surface area contributed by atoms with Gasteiger partial charge in [-0.2, -0.15) is 0 Å². The zero-order valence-electron chi connectivity index (χ0n) is 18.7. The summed E-state index contributed by atoms with van der Waals surface area (Å²) in [6.45, 7) is -0.0521. The summed E-state index contributed by atoms with van der Waals surface area (Å²) < 4.78 is 4.52. The Kier molecular flexibility index (Phi) is 7.82. The van der Waals surface area contributed by atoms with E-state index in [1.807, 2.05) is 18.2 Å². The van der Waals surface area contributed by atoms with E-state index in [1.165, 1.54) is 6.92 Å². The number of para-hydroxylation sites is 1. The summed E-state index contributed by atoms with van der Waals surface area (Å²) in [6, 6.07) is 9.63. The van der Waals surface area contributed by atoms with Gasteiger partial charge in [-0.3, -0.25) is 14.4 Å². The van der Waals surface area contributed by atoms with E-state index in [1.54, 1.807) is 24.3 Å². The van der Waals surface area contributed by atoms with Crippen LogP contribution in [0, 0.1) is 0 Å². The number of rotatable bonds is 8. The van der Waals surface area contributed by atoms with Crippen molar-refractivity contribution in [3.63, 3.8) is 0 Å². The molecular formula is C23H26N4O7. The summed E-state index contributed by atoms with van der Waals surface area (Å²) in [7, 11) is 1.11. The number of aliphatic hydroxyl groups excluding tert-OH is 2. The number of esters is 1. The van der Waals surface area contributed by atoms with Crippen molar-refractivity contribution in [2.24, 2.45) is 0 Å². The van der Waals surface area contributed by atoms with Crippen LogP contribution in [-0.2, 0) is 19.1 Å². The number of anilines is 2. The van der Waals surface area contributed by atoms with Crippen LogP contribution in [0.2, 0.25) is 0 Å². The molecule has 0 bridgehead atoms. The van der Waals surface area contributed by atoms with Crippen molar-refractivity contribution < 1.29 is 34.1 Å². The quantitative estimate of drug-likeness (QED) is 0.341. The Balaban J connectivity index is 1.84. The predicted molar refractivity (Wildman–Crippen MR) is 123 cm³/mol. The summed E-state index contributed by atoms with van der Waals surface area (Å²) in [6.07, 6.45) is 0. The first-order chi connectivity index (χ1) is 16.3.